The molecule has 5 heteroatoms. The number of hydrogen-bond acceptors (Lipinski definition) is 2. The molecule has 4 nitrogen and oxygen atoms in total. The highest BCUT2D eigenvalue weighted by Crippen LogP contribution is 2.05. The maximum atomic E-state index is 4.23. The van der Waals surface area contributed by atoms with Crippen molar-refractivity contribution >= 4 is 29.9 Å². The van der Waals surface area contributed by atoms with Crippen LogP contribution in [0.4, 0.5) is 0 Å². The second-order valence-electron chi connectivity index (χ2n) is 4.94. The molecule has 1 rings (SSSR count). The van der Waals surface area contributed by atoms with Crippen LogP contribution in [-0.2, 0) is 6.54 Å². The van der Waals surface area contributed by atoms with Crippen LogP contribution in [0, 0.1) is 6.92 Å². The molecule has 0 heterocycles. The number of hydrogen-bond donors (Lipinski definition) is 2. The highest BCUT2D eigenvalue weighted by Gasteiger charge is 2.00. The summed E-state index contributed by atoms with van der Waals surface area (Å²) in [5.74, 6) is 0.863. The molecule has 1 aromatic carbocycles. The molecule has 0 saturated carbocycles. The lowest BCUT2D eigenvalue weighted by Gasteiger charge is -2.14. The molecule has 2 N–H and O–H groups in total. The fraction of sp³-hybridized carbons (Fsp3) is 0.533. The largest absolute Gasteiger partial charge is 0.356 e. The summed E-state index contributed by atoms with van der Waals surface area (Å²) >= 11 is 0. The highest BCUT2D eigenvalue weighted by atomic mass is 127. The molecule has 0 aromatic heterocycles. The monoisotopic (exact) mass is 390 g/mol. The molecule has 0 saturated heterocycles. The van der Waals surface area contributed by atoms with Crippen LogP contribution in [0.15, 0.2) is 29.3 Å². The lowest BCUT2D eigenvalue weighted by atomic mass is 10.1. The third kappa shape index (κ3) is 7.69. The first-order chi connectivity index (χ1) is 9.13. The predicted molar refractivity (Wildman–Crippen MR) is 98.0 cm³/mol. The Bertz CT molecular complexity index is 405. The van der Waals surface area contributed by atoms with Crippen LogP contribution in [-0.4, -0.2) is 45.1 Å². The van der Waals surface area contributed by atoms with E-state index < -0.39 is 0 Å². The van der Waals surface area contributed by atoms with Crippen molar-refractivity contribution in [2.24, 2.45) is 4.99 Å². The van der Waals surface area contributed by atoms with E-state index in [-0.39, 0.29) is 24.0 Å². The van der Waals surface area contributed by atoms with Crippen molar-refractivity contribution in [1.82, 2.24) is 15.5 Å². The fourth-order valence-electron chi connectivity index (χ4n) is 1.81. The van der Waals surface area contributed by atoms with Gasteiger partial charge in [-0.05, 0) is 45.1 Å². The van der Waals surface area contributed by atoms with Crippen LogP contribution >= 0.6 is 24.0 Å². The molecule has 0 aliphatic heterocycles. The number of nitrogens with zero attached hydrogens (tertiary/aromatic N) is 2. The Morgan fingerprint density at radius 1 is 1.20 bits per heavy atom. The summed E-state index contributed by atoms with van der Waals surface area (Å²) < 4.78 is 0. The van der Waals surface area contributed by atoms with Crippen LogP contribution in [0.2, 0.25) is 0 Å². The van der Waals surface area contributed by atoms with Gasteiger partial charge >= 0.3 is 0 Å². The average molecular weight is 390 g/mol. The zero-order valence-corrected chi connectivity index (χ0v) is 15.3. The van der Waals surface area contributed by atoms with Gasteiger partial charge in [-0.1, -0.05) is 24.3 Å². The van der Waals surface area contributed by atoms with Gasteiger partial charge in [-0.2, -0.15) is 0 Å². The summed E-state index contributed by atoms with van der Waals surface area (Å²) in [6.07, 6.45) is 1.11. The third-order valence-electron chi connectivity index (χ3n) is 3.01. The highest BCUT2D eigenvalue weighted by molar-refractivity contribution is 14.0. The van der Waals surface area contributed by atoms with Crippen molar-refractivity contribution < 1.29 is 0 Å². The molecule has 0 radical (unpaired) electrons. The number of rotatable bonds is 6. The standard InChI is InChI=1S/C15H26N4.HI/c1-13-8-5-6-9-14(13)12-18-15(16-2)17-10-7-11-19(3)4;/h5-6,8-9H,7,10-12H2,1-4H3,(H2,16,17,18);1H. The van der Waals surface area contributed by atoms with E-state index in [4.69, 9.17) is 0 Å². The second-order valence-corrected chi connectivity index (χ2v) is 4.94. The van der Waals surface area contributed by atoms with E-state index in [1.54, 1.807) is 7.05 Å². The Morgan fingerprint density at radius 3 is 2.50 bits per heavy atom. The van der Waals surface area contributed by atoms with E-state index in [1.807, 2.05) is 0 Å². The summed E-state index contributed by atoms with van der Waals surface area (Å²) in [5.41, 5.74) is 2.61. The lowest BCUT2D eigenvalue weighted by molar-refractivity contribution is 0.399. The van der Waals surface area contributed by atoms with Crippen LogP contribution in [0.3, 0.4) is 0 Å². The molecule has 114 valence electrons. The fourth-order valence-corrected chi connectivity index (χ4v) is 1.81. The molecule has 0 spiro atoms. The molecule has 0 aliphatic rings. The van der Waals surface area contributed by atoms with Crippen molar-refractivity contribution in [2.75, 3.05) is 34.2 Å². The van der Waals surface area contributed by atoms with Gasteiger partial charge in [0.05, 0.1) is 0 Å². The van der Waals surface area contributed by atoms with E-state index >= 15 is 0 Å². The van der Waals surface area contributed by atoms with E-state index in [0.29, 0.717) is 0 Å². The maximum absolute atomic E-state index is 4.23. The van der Waals surface area contributed by atoms with E-state index in [0.717, 1.165) is 32.0 Å². The molecular weight excluding hydrogens is 363 g/mol. The summed E-state index contributed by atoms with van der Waals surface area (Å²) in [6, 6.07) is 8.40. The van der Waals surface area contributed by atoms with Gasteiger partial charge < -0.3 is 15.5 Å². The van der Waals surface area contributed by atoms with Crippen molar-refractivity contribution in [3.63, 3.8) is 0 Å². The van der Waals surface area contributed by atoms with Crippen molar-refractivity contribution in [3.8, 4) is 0 Å². The van der Waals surface area contributed by atoms with Crippen LogP contribution < -0.4 is 10.6 Å². The first kappa shape index (κ1) is 19.2. The lowest BCUT2D eigenvalue weighted by Crippen LogP contribution is -2.38. The summed E-state index contributed by atoms with van der Waals surface area (Å²) in [7, 11) is 5.98. The van der Waals surface area contributed by atoms with Gasteiger partial charge in [-0.3, -0.25) is 4.99 Å². The minimum atomic E-state index is 0. The van der Waals surface area contributed by atoms with Crippen LogP contribution in [0.5, 0.6) is 0 Å². The van der Waals surface area contributed by atoms with E-state index in [2.05, 4.69) is 65.8 Å². The molecule has 1 aromatic rings. The van der Waals surface area contributed by atoms with Gasteiger partial charge in [0.1, 0.15) is 0 Å². The van der Waals surface area contributed by atoms with Crippen LogP contribution in [0.1, 0.15) is 17.5 Å². The zero-order valence-electron chi connectivity index (χ0n) is 12.9. The van der Waals surface area contributed by atoms with Gasteiger partial charge in [0.15, 0.2) is 5.96 Å². The average Bonchev–Trinajstić information content (AvgIpc) is 2.39. The maximum Gasteiger partial charge on any atom is 0.191 e. The van der Waals surface area contributed by atoms with Crippen molar-refractivity contribution in [2.45, 2.75) is 19.9 Å². The molecule has 20 heavy (non-hydrogen) atoms. The topological polar surface area (TPSA) is 39.7 Å². The molecule has 0 unspecified atom stereocenters. The van der Waals surface area contributed by atoms with E-state index in [9.17, 15) is 0 Å². The van der Waals surface area contributed by atoms with Crippen LogP contribution in [0.25, 0.3) is 0 Å². The summed E-state index contributed by atoms with van der Waals surface area (Å²) in [5, 5.41) is 6.67. The number of nitrogens with one attached hydrogen (secondary N) is 2. The number of aryl methyl sites for hydroxylation is 1. The first-order valence-corrected chi connectivity index (χ1v) is 6.77. The van der Waals surface area contributed by atoms with Crippen molar-refractivity contribution in [1.29, 1.82) is 0 Å². The number of benzene rings is 1. The Balaban J connectivity index is 0.00000361. The normalized spacial score (nSPS) is 11.2. The number of guanidine groups is 1. The van der Waals surface area contributed by atoms with Crippen molar-refractivity contribution in [3.05, 3.63) is 35.4 Å². The number of aliphatic imine (C=N–C) groups is 1. The first-order valence-electron chi connectivity index (χ1n) is 6.77. The summed E-state index contributed by atoms with van der Waals surface area (Å²) in [6.45, 7) is 4.96. The molecule has 0 bridgehead atoms. The van der Waals surface area contributed by atoms with Gasteiger partial charge in [-0.15, -0.1) is 24.0 Å². The quantitative estimate of drug-likeness (QED) is 0.339. The minimum absolute atomic E-state index is 0. The molecule has 0 atom stereocenters. The second kappa shape index (κ2) is 10.9. The molecule has 0 amide bonds. The van der Waals surface area contributed by atoms with E-state index in [1.165, 1.54) is 11.1 Å². The predicted octanol–water partition coefficient (Wildman–Crippen LogP) is 2.23. The number of halogens is 1. The Hall–Kier alpha value is -0.820. The Labute approximate surface area is 140 Å². The minimum Gasteiger partial charge on any atom is -0.356 e. The third-order valence-corrected chi connectivity index (χ3v) is 3.01. The smallest absolute Gasteiger partial charge is 0.191 e. The zero-order chi connectivity index (χ0) is 14.1. The Kier molecular flexibility index (Phi) is 10.5. The van der Waals surface area contributed by atoms with Gasteiger partial charge in [0.2, 0.25) is 0 Å². The molecule has 0 fully saturated rings. The van der Waals surface area contributed by atoms with Gasteiger partial charge in [-0.25, -0.2) is 0 Å². The van der Waals surface area contributed by atoms with Gasteiger partial charge in [0.25, 0.3) is 0 Å². The Morgan fingerprint density at radius 2 is 1.90 bits per heavy atom. The SMILES string of the molecule is CN=C(NCCCN(C)C)NCc1ccccc1C.I. The molecule has 0 aliphatic carbocycles. The molecular formula is C15H27IN4. The van der Waals surface area contributed by atoms with Gasteiger partial charge in [0, 0.05) is 20.1 Å². The summed E-state index contributed by atoms with van der Waals surface area (Å²) in [4.78, 5) is 6.42.